The molecule has 0 aromatic heterocycles. The average molecular weight is 404 g/mol. The second kappa shape index (κ2) is 8.82. The minimum absolute atomic E-state index is 0.228. The molecular formula is C17H13Cl2F2NO4. The van der Waals surface area contributed by atoms with Gasteiger partial charge in [0, 0.05) is 5.02 Å². The molecule has 26 heavy (non-hydrogen) atoms. The molecule has 1 atom stereocenters. The first-order valence-corrected chi connectivity index (χ1v) is 8.04. The van der Waals surface area contributed by atoms with Crippen molar-refractivity contribution in [1.82, 2.24) is 0 Å². The number of alkyl halides is 2. The van der Waals surface area contributed by atoms with Crippen LogP contribution in [0.4, 0.5) is 14.5 Å². The van der Waals surface area contributed by atoms with E-state index in [-0.39, 0.29) is 22.0 Å². The van der Waals surface area contributed by atoms with Crippen molar-refractivity contribution < 1.29 is 27.8 Å². The molecule has 0 saturated heterocycles. The van der Waals surface area contributed by atoms with Crippen molar-refractivity contribution in [2.75, 3.05) is 5.32 Å². The number of esters is 1. The van der Waals surface area contributed by atoms with E-state index in [4.69, 9.17) is 27.9 Å². The number of amides is 1. The SMILES string of the molecule is C[C@H](OC(=O)c1ccccc1OC(F)F)C(=O)Nc1cc(Cl)ccc1Cl. The Balaban J connectivity index is 2.07. The minimum Gasteiger partial charge on any atom is -0.449 e. The number of anilines is 1. The van der Waals surface area contributed by atoms with Crippen LogP contribution in [0.2, 0.25) is 10.0 Å². The first-order chi connectivity index (χ1) is 12.3. The fourth-order valence-electron chi connectivity index (χ4n) is 1.94. The number of carbonyl (C=O) groups excluding carboxylic acids is 2. The topological polar surface area (TPSA) is 64.6 Å². The molecular weight excluding hydrogens is 391 g/mol. The van der Waals surface area contributed by atoms with Crippen LogP contribution in [-0.4, -0.2) is 24.6 Å². The normalized spacial score (nSPS) is 11.8. The Morgan fingerprint density at radius 3 is 2.50 bits per heavy atom. The molecule has 0 bridgehead atoms. The molecule has 0 aliphatic rings. The molecule has 5 nitrogen and oxygen atoms in total. The van der Waals surface area contributed by atoms with Gasteiger partial charge in [0.05, 0.1) is 10.7 Å². The van der Waals surface area contributed by atoms with E-state index in [0.29, 0.717) is 5.02 Å². The molecule has 0 aliphatic carbocycles. The molecule has 2 aromatic rings. The van der Waals surface area contributed by atoms with Gasteiger partial charge >= 0.3 is 12.6 Å². The molecule has 9 heteroatoms. The predicted octanol–water partition coefficient (Wildman–Crippen LogP) is 4.78. The monoisotopic (exact) mass is 403 g/mol. The summed E-state index contributed by atoms with van der Waals surface area (Å²) in [7, 11) is 0. The van der Waals surface area contributed by atoms with Crippen LogP contribution in [0.1, 0.15) is 17.3 Å². The van der Waals surface area contributed by atoms with Gasteiger partial charge in [-0.15, -0.1) is 0 Å². The van der Waals surface area contributed by atoms with Gasteiger partial charge in [-0.2, -0.15) is 8.78 Å². The number of rotatable bonds is 6. The smallest absolute Gasteiger partial charge is 0.387 e. The fraction of sp³-hybridized carbons (Fsp3) is 0.176. The molecule has 0 saturated carbocycles. The third-order valence-electron chi connectivity index (χ3n) is 3.16. The van der Waals surface area contributed by atoms with E-state index in [2.05, 4.69) is 10.1 Å². The van der Waals surface area contributed by atoms with Crippen molar-refractivity contribution in [2.24, 2.45) is 0 Å². The first kappa shape index (κ1) is 19.9. The number of nitrogens with one attached hydrogen (secondary N) is 1. The summed E-state index contributed by atoms with van der Waals surface area (Å²) < 4.78 is 34.1. The number of carbonyl (C=O) groups is 2. The van der Waals surface area contributed by atoms with Crippen LogP contribution in [0.15, 0.2) is 42.5 Å². The highest BCUT2D eigenvalue weighted by Gasteiger charge is 2.23. The average Bonchev–Trinajstić information content (AvgIpc) is 2.57. The van der Waals surface area contributed by atoms with Gasteiger partial charge in [0.25, 0.3) is 5.91 Å². The van der Waals surface area contributed by atoms with Crippen LogP contribution in [0.25, 0.3) is 0 Å². The quantitative estimate of drug-likeness (QED) is 0.704. The summed E-state index contributed by atoms with van der Waals surface area (Å²) in [5.74, 6) is -2.01. The van der Waals surface area contributed by atoms with Crippen molar-refractivity contribution in [2.45, 2.75) is 19.6 Å². The molecule has 0 aliphatic heterocycles. The Hall–Kier alpha value is -2.38. The van der Waals surface area contributed by atoms with Gasteiger partial charge < -0.3 is 14.8 Å². The number of halogens is 4. The molecule has 2 rings (SSSR count). The van der Waals surface area contributed by atoms with Crippen molar-refractivity contribution in [1.29, 1.82) is 0 Å². The molecule has 2 aromatic carbocycles. The van der Waals surface area contributed by atoms with Gasteiger partial charge in [0.1, 0.15) is 11.3 Å². The standard InChI is InChI=1S/C17H13Cl2F2NO4/c1-9(15(23)22-13-8-10(18)6-7-12(13)19)25-16(24)11-4-2-3-5-14(11)26-17(20)21/h2-9,17H,1H3,(H,22,23)/t9-/m0/s1. The second-order valence-electron chi connectivity index (χ2n) is 5.04. The number of ether oxygens (including phenoxy) is 2. The summed E-state index contributed by atoms with van der Waals surface area (Å²) >= 11 is 11.8. The van der Waals surface area contributed by atoms with Gasteiger partial charge in [-0.3, -0.25) is 4.79 Å². The zero-order chi connectivity index (χ0) is 19.3. The van der Waals surface area contributed by atoms with E-state index in [1.54, 1.807) is 6.07 Å². The second-order valence-corrected chi connectivity index (χ2v) is 5.88. The van der Waals surface area contributed by atoms with Gasteiger partial charge in [-0.05, 0) is 37.3 Å². The molecule has 0 fully saturated rings. The van der Waals surface area contributed by atoms with Crippen molar-refractivity contribution in [3.05, 3.63) is 58.1 Å². The van der Waals surface area contributed by atoms with Crippen molar-refractivity contribution in [3.8, 4) is 5.75 Å². The third kappa shape index (κ3) is 5.31. The van der Waals surface area contributed by atoms with Gasteiger partial charge in [0.15, 0.2) is 6.10 Å². The molecule has 1 amide bonds. The molecule has 0 unspecified atom stereocenters. The van der Waals surface area contributed by atoms with E-state index < -0.39 is 24.6 Å². The maximum atomic E-state index is 12.4. The van der Waals surface area contributed by atoms with E-state index in [9.17, 15) is 18.4 Å². The Bertz CT molecular complexity index is 817. The van der Waals surface area contributed by atoms with Crippen LogP contribution in [-0.2, 0) is 9.53 Å². The van der Waals surface area contributed by atoms with Gasteiger partial charge in [-0.25, -0.2) is 4.79 Å². The van der Waals surface area contributed by atoms with Gasteiger partial charge in [-0.1, -0.05) is 35.3 Å². The van der Waals surface area contributed by atoms with Crippen LogP contribution in [0, 0.1) is 0 Å². The molecule has 1 N–H and O–H groups in total. The number of hydrogen-bond donors (Lipinski definition) is 1. The number of benzene rings is 2. The Morgan fingerprint density at radius 1 is 1.12 bits per heavy atom. The summed E-state index contributed by atoms with van der Waals surface area (Å²) in [5.41, 5.74) is 0.0155. The largest absolute Gasteiger partial charge is 0.449 e. The Kier molecular flexibility index (Phi) is 6.76. The Labute approximate surface area is 157 Å². The highest BCUT2D eigenvalue weighted by molar-refractivity contribution is 6.35. The van der Waals surface area contributed by atoms with Crippen LogP contribution < -0.4 is 10.1 Å². The molecule has 0 heterocycles. The lowest BCUT2D eigenvalue weighted by Crippen LogP contribution is -2.30. The van der Waals surface area contributed by atoms with E-state index in [1.165, 1.54) is 43.3 Å². The predicted molar refractivity (Wildman–Crippen MR) is 93.0 cm³/mol. The van der Waals surface area contributed by atoms with Crippen molar-refractivity contribution in [3.63, 3.8) is 0 Å². The maximum absolute atomic E-state index is 12.4. The van der Waals surface area contributed by atoms with E-state index in [1.807, 2.05) is 0 Å². The third-order valence-corrected chi connectivity index (χ3v) is 3.73. The minimum atomic E-state index is -3.10. The lowest BCUT2D eigenvalue weighted by molar-refractivity contribution is -0.123. The molecule has 138 valence electrons. The summed E-state index contributed by atoms with van der Waals surface area (Å²) in [5, 5.41) is 3.07. The maximum Gasteiger partial charge on any atom is 0.387 e. The number of para-hydroxylation sites is 1. The lowest BCUT2D eigenvalue weighted by atomic mass is 10.2. The number of hydrogen-bond acceptors (Lipinski definition) is 4. The zero-order valence-corrected chi connectivity index (χ0v) is 14.9. The van der Waals surface area contributed by atoms with E-state index >= 15 is 0 Å². The molecule has 0 spiro atoms. The summed E-state index contributed by atoms with van der Waals surface area (Å²) in [6.07, 6.45) is -1.22. The van der Waals surface area contributed by atoms with Crippen LogP contribution >= 0.6 is 23.2 Å². The summed E-state index contributed by atoms with van der Waals surface area (Å²) in [6.45, 7) is -1.78. The van der Waals surface area contributed by atoms with Crippen LogP contribution in [0.5, 0.6) is 5.75 Å². The lowest BCUT2D eigenvalue weighted by Gasteiger charge is -2.15. The zero-order valence-electron chi connectivity index (χ0n) is 13.3. The first-order valence-electron chi connectivity index (χ1n) is 7.28. The summed E-state index contributed by atoms with van der Waals surface area (Å²) in [4.78, 5) is 24.3. The highest BCUT2D eigenvalue weighted by atomic mass is 35.5. The van der Waals surface area contributed by atoms with E-state index in [0.717, 1.165) is 0 Å². The van der Waals surface area contributed by atoms with Crippen molar-refractivity contribution >= 4 is 40.8 Å². The van der Waals surface area contributed by atoms with Gasteiger partial charge in [0.2, 0.25) is 0 Å². The molecule has 0 radical (unpaired) electrons. The fourth-order valence-corrected chi connectivity index (χ4v) is 2.28. The summed E-state index contributed by atoms with van der Waals surface area (Å²) in [6, 6.07) is 9.79. The Morgan fingerprint density at radius 2 is 1.81 bits per heavy atom. The highest BCUT2D eigenvalue weighted by Crippen LogP contribution is 2.26. The van der Waals surface area contributed by atoms with Crippen LogP contribution in [0.3, 0.4) is 0 Å².